The largest absolute Gasteiger partial charge is 0.445 e. The first kappa shape index (κ1) is 16.1. The van der Waals surface area contributed by atoms with E-state index < -0.39 is 6.09 Å². The van der Waals surface area contributed by atoms with E-state index in [1.807, 2.05) is 36.4 Å². The zero-order valence-corrected chi connectivity index (χ0v) is 13.5. The van der Waals surface area contributed by atoms with Gasteiger partial charge in [-0.05, 0) is 41.8 Å². The Morgan fingerprint density at radius 1 is 1.17 bits per heavy atom. The van der Waals surface area contributed by atoms with Crippen LogP contribution in [-0.2, 0) is 24.3 Å². The minimum absolute atomic E-state index is 0.263. The standard InChI is InChI=1S/C20H20N2O2/c23-20(24-15-17-5-2-1-3-6-17)22-11-4-7-16-8-9-19-14-21-12-10-18(19)13-16/h1-3,5-6,8-9,13,21H,10-12,14-15H2,(H,22,23). The summed E-state index contributed by atoms with van der Waals surface area (Å²) in [4.78, 5) is 11.6. The second-order valence-corrected chi connectivity index (χ2v) is 5.63. The van der Waals surface area contributed by atoms with Gasteiger partial charge in [0.2, 0.25) is 0 Å². The SMILES string of the molecule is O=C(NCC#Cc1ccc2c(c1)CCNC2)OCc1ccccc1. The number of fused-ring (bicyclic) bond motifs is 1. The van der Waals surface area contributed by atoms with Gasteiger partial charge in [-0.25, -0.2) is 4.79 Å². The van der Waals surface area contributed by atoms with Crippen LogP contribution in [0.25, 0.3) is 0 Å². The molecule has 0 fully saturated rings. The Labute approximate surface area is 142 Å². The fourth-order valence-electron chi connectivity index (χ4n) is 2.59. The molecule has 0 radical (unpaired) electrons. The van der Waals surface area contributed by atoms with Crippen LogP contribution in [0.3, 0.4) is 0 Å². The third kappa shape index (κ3) is 4.61. The number of hydrogen-bond donors (Lipinski definition) is 2. The number of nitrogens with one attached hydrogen (secondary N) is 2. The van der Waals surface area contributed by atoms with Crippen LogP contribution in [0.2, 0.25) is 0 Å². The van der Waals surface area contributed by atoms with Gasteiger partial charge in [-0.15, -0.1) is 0 Å². The molecule has 0 bridgehead atoms. The van der Waals surface area contributed by atoms with Crippen LogP contribution in [0, 0.1) is 11.8 Å². The number of ether oxygens (including phenoxy) is 1. The van der Waals surface area contributed by atoms with Crippen molar-refractivity contribution in [2.75, 3.05) is 13.1 Å². The van der Waals surface area contributed by atoms with Crippen molar-refractivity contribution >= 4 is 6.09 Å². The average Bonchev–Trinajstić information content (AvgIpc) is 2.64. The molecule has 0 aromatic heterocycles. The molecular formula is C20H20N2O2. The molecular weight excluding hydrogens is 300 g/mol. The van der Waals surface area contributed by atoms with Gasteiger partial charge in [0.15, 0.2) is 0 Å². The van der Waals surface area contributed by atoms with Crippen LogP contribution in [-0.4, -0.2) is 19.2 Å². The number of hydrogen-bond acceptors (Lipinski definition) is 3. The van der Waals surface area contributed by atoms with Crippen molar-refractivity contribution in [1.82, 2.24) is 10.6 Å². The number of benzene rings is 2. The van der Waals surface area contributed by atoms with Crippen LogP contribution >= 0.6 is 0 Å². The Morgan fingerprint density at radius 2 is 2.04 bits per heavy atom. The molecule has 1 aliphatic heterocycles. The van der Waals surface area contributed by atoms with Gasteiger partial charge in [-0.3, -0.25) is 0 Å². The van der Waals surface area contributed by atoms with Gasteiger partial charge in [-0.2, -0.15) is 0 Å². The van der Waals surface area contributed by atoms with E-state index in [0.717, 1.165) is 30.6 Å². The zero-order chi connectivity index (χ0) is 16.6. The highest BCUT2D eigenvalue weighted by Crippen LogP contribution is 2.15. The van der Waals surface area contributed by atoms with Crippen molar-refractivity contribution in [3.05, 3.63) is 70.8 Å². The highest BCUT2D eigenvalue weighted by Gasteiger charge is 2.07. The zero-order valence-electron chi connectivity index (χ0n) is 13.5. The quantitative estimate of drug-likeness (QED) is 0.855. The van der Waals surface area contributed by atoms with Crippen LogP contribution < -0.4 is 10.6 Å². The monoisotopic (exact) mass is 320 g/mol. The summed E-state index contributed by atoms with van der Waals surface area (Å²) in [6.07, 6.45) is 0.583. The molecule has 2 N–H and O–H groups in total. The molecule has 0 saturated heterocycles. The lowest BCUT2D eigenvalue weighted by Crippen LogP contribution is -2.24. The maximum atomic E-state index is 11.6. The highest BCUT2D eigenvalue weighted by atomic mass is 16.5. The molecule has 0 saturated carbocycles. The summed E-state index contributed by atoms with van der Waals surface area (Å²) in [5.41, 5.74) is 4.64. The van der Waals surface area contributed by atoms with E-state index >= 15 is 0 Å². The smallest absolute Gasteiger partial charge is 0.408 e. The summed E-state index contributed by atoms with van der Waals surface area (Å²) in [5.74, 6) is 6.04. The number of rotatable bonds is 3. The van der Waals surface area contributed by atoms with Crippen molar-refractivity contribution in [2.24, 2.45) is 0 Å². The van der Waals surface area contributed by atoms with Crippen molar-refractivity contribution in [2.45, 2.75) is 19.6 Å². The molecule has 3 rings (SSSR count). The second-order valence-electron chi connectivity index (χ2n) is 5.63. The normalized spacial score (nSPS) is 12.5. The summed E-state index contributed by atoms with van der Waals surface area (Å²) in [7, 11) is 0. The second kappa shape index (κ2) is 8.19. The van der Waals surface area contributed by atoms with Gasteiger partial charge in [0.05, 0.1) is 6.54 Å². The maximum Gasteiger partial charge on any atom is 0.408 e. The molecule has 24 heavy (non-hydrogen) atoms. The third-order valence-corrected chi connectivity index (χ3v) is 3.86. The Hall–Kier alpha value is -2.77. The molecule has 2 aromatic rings. The maximum absolute atomic E-state index is 11.6. The van der Waals surface area contributed by atoms with Crippen LogP contribution in [0.5, 0.6) is 0 Å². The molecule has 0 aliphatic carbocycles. The van der Waals surface area contributed by atoms with E-state index in [0.29, 0.717) is 0 Å². The Balaban J connectivity index is 1.45. The summed E-state index contributed by atoms with van der Waals surface area (Å²) in [5, 5.41) is 5.99. The molecule has 2 aromatic carbocycles. The minimum Gasteiger partial charge on any atom is -0.445 e. The van der Waals surface area contributed by atoms with E-state index in [2.05, 4.69) is 34.6 Å². The highest BCUT2D eigenvalue weighted by molar-refractivity contribution is 5.67. The third-order valence-electron chi connectivity index (χ3n) is 3.86. The fraction of sp³-hybridized carbons (Fsp3) is 0.250. The van der Waals surface area contributed by atoms with Crippen molar-refractivity contribution < 1.29 is 9.53 Å². The van der Waals surface area contributed by atoms with Gasteiger partial charge in [0.25, 0.3) is 0 Å². The molecule has 4 nitrogen and oxygen atoms in total. The number of carbonyl (C=O) groups is 1. The molecule has 0 spiro atoms. The van der Waals surface area contributed by atoms with E-state index in [1.165, 1.54) is 11.1 Å². The minimum atomic E-state index is -0.454. The molecule has 1 aliphatic rings. The van der Waals surface area contributed by atoms with Crippen molar-refractivity contribution in [1.29, 1.82) is 0 Å². The number of carbonyl (C=O) groups excluding carboxylic acids is 1. The summed E-state index contributed by atoms with van der Waals surface area (Å²) < 4.78 is 5.13. The molecule has 1 amide bonds. The first-order valence-corrected chi connectivity index (χ1v) is 8.07. The predicted molar refractivity (Wildman–Crippen MR) is 93.4 cm³/mol. The topological polar surface area (TPSA) is 50.4 Å². The van der Waals surface area contributed by atoms with Crippen LogP contribution in [0.4, 0.5) is 4.79 Å². The lowest BCUT2D eigenvalue weighted by Gasteiger charge is -2.16. The first-order valence-electron chi connectivity index (χ1n) is 8.07. The van der Waals surface area contributed by atoms with Gasteiger partial charge >= 0.3 is 6.09 Å². The van der Waals surface area contributed by atoms with Crippen LogP contribution in [0.1, 0.15) is 22.3 Å². The summed E-state index contributed by atoms with van der Waals surface area (Å²) in [6.45, 7) is 2.47. The van der Waals surface area contributed by atoms with Crippen LogP contribution in [0.15, 0.2) is 48.5 Å². The molecule has 0 atom stereocenters. The summed E-state index contributed by atoms with van der Waals surface area (Å²) in [6, 6.07) is 15.9. The molecule has 4 heteroatoms. The Bertz CT molecular complexity index is 760. The van der Waals surface area contributed by atoms with E-state index in [-0.39, 0.29) is 13.2 Å². The Morgan fingerprint density at radius 3 is 2.92 bits per heavy atom. The van der Waals surface area contributed by atoms with E-state index in [9.17, 15) is 4.79 Å². The molecule has 0 unspecified atom stereocenters. The first-order chi connectivity index (χ1) is 11.8. The van der Waals surface area contributed by atoms with Gasteiger partial charge < -0.3 is 15.4 Å². The van der Waals surface area contributed by atoms with Crippen molar-refractivity contribution in [3.63, 3.8) is 0 Å². The lowest BCUT2D eigenvalue weighted by molar-refractivity contribution is 0.141. The van der Waals surface area contributed by atoms with E-state index in [1.54, 1.807) is 0 Å². The number of alkyl carbamates (subject to hydrolysis) is 1. The van der Waals surface area contributed by atoms with E-state index in [4.69, 9.17) is 4.74 Å². The van der Waals surface area contributed by atoms with Gasteiger partial charge in [0, 0.05) is 12.1 Å². The molecule has 122 valence electrons. The van der Waals surface area contributed by atoms with Gasteiger partial charge in [-0.1, -0.05) is 48.2 Å². The van der Waals surface area contributed by atoms with Gasteiger partial charge in [0.1, 0.15) is 6.61 Å². The fourth-order valence-corrected chi connectivity index (χ4v) is 2.59. The van der Waals surface area contributed by atoms with Crippen molar-refractivity contribution in [3.8, 4) is 11.8 Å². The summed E-state index contributed by atoms with van der Waals surface area (Å²) >= 11 is 0. The number of amides is 1. The average molecular weight is 320 g/mol. The predicted octanol–water partition coefficient (Wildman–Crippen LogP) is 2.61. The Kier molecular flexibility index (Phi) is 5.49. The molecule has 1 heterocycles. The lowest BCUT2D eigenvalue weighted by atomic mass is 9.99.